The van der Waals surface area contributed by atoms with Gasteiger partial charge in [-0.2, -0.15) is 5.26 Å². The van der Waals surface area contributed by atoms with E-state index in [2.05, 4.69) is 164 Å². The maximum Gasteiger partial charge on any atom is 0.346 e. The van der Waals surface area contributed by atoms with Gasteiger partial charge in [-0.1, -0.05) is 118 Å². The molecule has 0 amide bonds. The topological polar surface area (TPSA) is 109 Å². The molecule has 0 fully saturated rings. The molecule has 2 aromatic heterocycles. The smallest absolute Gasteiger partial charge is 0.346 e. The number of benzene rings is 5. The predicted molar refractivity (Wildman–Crippen MR) is 267 cm³/mol. The molecule has 0 radical (unpaired) electrons. The van der Waals surface area contributed by atoms with E-state index in [0.29, 0.717) is 24.6 Å². The third-order valence-corrected chi connectivity index (χ3v) is 13.5. The number of aryl methyl sites for hydroxylation is 2. The van der Waals surface area contributed by atoms with Crippen LogP contribution in [-0.4, -0.2) is 34.3 Å². The first-order valence-corrected chi connectivity index (χ1v) is 23.9. The zero-order chi connectivity index (χ0) is 46.0. The van der Waals surface area contributed by atoms with Crippen molar-refractivity contribution in [2.24, 2.45) is 0 Å². The summed E-state index contributed by atoms with van der Waals surface area (Å²) in [7, 11) is 0. The van der Waals surface area contributed by atoms with Crippen molar-refractivity contribution in [1.82, 2.24) is 9.97 Å². The summed E-state index contributed by atoms with van der Waals surface area (Å²) in [6, 6.07) is 45.4. The number of ether oxygens (including phenoxy) is 2. The summed E-state index contributed by atoms with van der Waals surface area (Å²) >= 11 is 1.65. The Morgan fingerprint density at radius 2 is 1.20 bits per heavy atom. The van der Waals surface area contributed by atoms with Crippen molar-refractivity contribution in [2.75, 3.05) is 18.1 Å². The van der Waals surface area contributed by atoms with Crippen LogP contribution in [0.25, 0.3) is 27.2 Å². The molecule has 7 aromatic rings. The number of hydrogen-bond acceptors (Lipinski definition) is 8. The van der Waals surface area contributed by atoms with Gasteiger partial charge in [0.1, 0.15) is 23.1 Å². The number of thiophene rings is 1. The highest BCUT2D eigenvalue weighted by Gasteiger charge is 2.48. The molecule has 1 aliphatic rings. The standard InChI is InChI=1S/C57H56N4O4S/c1-5-7-9-11-31-64-48-26-21-45(22-27-48)61(46-23-28-49(29-24-46)65-32-12-10-8-6-2)47-25-30-50-51(34-47)57(43-17-13-39(3)14-18-43,44-19-15-40(4)16-20-44)52-35-53(66-54(50)52)55-59-37-41(38-60-55)33-42(36-58)56(62)63/h13-30,33-35,37-38H,5-12,31-32H2,1-4H3,(H,62,63)/b42-33-. The molecule has 0 bridgehead atoms. The number of fused-ring (bicyclic) bond motifs is 3. The highest BCUT2D eigenvalue weighted by Crippen LogP contribution is 2.60. The zero-order valence-electron chi connectivity index (χ0n) is 38.2. The Bertz CT molecular complexity index is 2720. The summed E-state index contributed by atoms with van der Waals surface area (Å²) in [4.78, 5) is 25.2. The van der Waals surface area contributed by atoms with E-state index < -0.39 is 11.4 Å². The van der Waals surface area contributed by atoms with Gasteiger partial charge in [-0.3, -0.25) is 0 Å². The van der Waals surface area contributed by atoms with Crippen LogP contribution < -0.4 is 14.4 Å². The molecule has 0 atom stereocenters. The number of carbonyl (C=O) groups is 1. The van der Waals surface area contributed by atoms with Gasteiger partial charge in [-0.15, -0.1) is 11.3 Å². The van der Waals surface area contributed by atoms with Gasteiger partial charge in [0, 0.05) is 39.9 Å². The van der Waals surface area contributed by atoms with Crippen molar-refractivity contribution >= 4 is 40.4 Å². The molecule has 0 saturated carbocycles. The molecule has 0 saturated heterocycles. The third kappa shape index (κ3) is 9.66. The number of unbranched alkanes of at least 4 members (excludes halogenated alkanes) is 6. The van der Waals surface area contributed by atoms with Crippen LogP contribution in [0.4, 0.5) is 17.1 Å². The summed E-state index contributed by atoms with van der Waals surface area (Å²) < 4.78 is 12.4. The van der Waals surface area contributed by atoms with E-state index >= 15 is 0 Å². The number of rotatable bonds is 20. The van der Waals surface area contributed by atoms with Gasteiger partial charge in [0.05, 0.1) is 23.5 Å². The second kappa shape index (κ2) is 20.9. The number of aliphatic carboxylic acids is 1. The minimum atomic E-state index is -1.29. The van der Waals surface area contributed by atoms with Crippen LogP contribution in [0.3, 0.4) is 0 Å². The second-order valence-electron chi connectivity index (χ2n) is 17.0. The molecule has 1 aliphatic carbocycles. The van der Waals surface area contributed by atoms with E-state index in [9.17, 15) is 15.2 Å². The van der Waals surface area contributed by atoms with Crippen LogP contribution in [0.1, 0.15) is 104 Å². The van der Waals surface area contributed by atoms with Gasteiger partial charge in [-0.25, -0.2) is 14.8 Å². The molecule has 0 unspecified atom stereocenters. The van der Waals surface area contributed by atoms with Gasteiger partial charge < -0.3 is 19.5 Å². The third-order valence-electron chi connectivity index (χ3n) is 12.3. The molecule has 1 N–H and O–H groups in total. The molecule has 0 spiro atoms. The molecule has 0 aliphatic heterocycles. The molecule has 2 heterocycles. The maximum absolute atomic E-state index is 11.5. The summed E-state index contributed by atoms with van der Waals surface area (Å²) in [5.74, 6) is 0.942. The molecule has 8 nitrogen and oxygen atoms in total. The molecule has 334 valence electrons. The van der Waals surface area contributed by atoms with Crippen molar-refractivity contribution < 1.29 is 19.4 Å². The van der Waals surface area contributed by atoms with Crippen LogP contribution in [0.15, 0.2) is 139 Å². The van der Waals surface area contributed by atoms with Crippen molar-refractivity contribution in [2.45, 2.75) is 84.5 Å². The van der Waals surface area contributed by atoms with Gasteiger partial charge in [0.15, 0.2) is 5.82 Å². The predicted octanol–water partition coefficient (Wildman–Crippen LogP) is 14.6. The summed E-state index contributed by atoms with van der Waals surface area (Å²) in [5, 5.41) is 18.7. The van der Waals surface area contributed by atoms with Gasteiger partial charge >= 0.3 is 5.97 Å². The second-order valence-corrected chi connectivity index (χ2v) is 18.1. The molecule has 66 heavy (non-hydrogen) atoms. The van der Waals surface area contributed by atoms with Crippen molar-refractivity contribution in [3.63, 3.8) is 0 Å². The minimum absolute atomic E-state index is 0.379. The number of anilines is 3. The van der Waals surface area contributed by atoms with Crippen molar-refractivity contribution in [3.05, 3.63) is 178 Å². The highest BCUT2D eigenvalue weighted by atomic mass is 32.1. The molecular weight excluding hydrogens is 837 g/mol. The fourth-order valence-electron chi connectivity index (χ4n) is 8.82. The first-order chi connectivity index (χ1) is 32.2. The summed E-state index contributed by atoms with van der Waals surface area (Å²) in [5.41, 5.74) is 10.5. The Balaban J connectivity index is 1.26. The molecule has 8 rings (SSSR count). The van der Waals surface area contributed by atoms with Gasteiger partial charge in [0.25, 0.3) is 0 Å². The maximum atomic E-state index is 11.5. The monoisotopic (exact) mass is 892 g/mol. The number of carboxylic acid groups (broad SMARTS) is 1. The van der Waals surface area contributed by atoms with Crippen LogP contribution in [0.5, 0.6) is 11.5 Å². The first-order valence-electron chi connectivity index (χ1n) is 23.1. The average Bonchev–Trinajstić information content (AvgIpc) is 3.89. The lowest BCUT2D eigenvalue weighted by molar-refractivity contribution is -0.132. The van der Waals surface area contributed by atoms with Gasteiger partial charge in [-0.05, 0) is 127 Å². The molecule has 9 heteroatoms. The van der Waals surface area contributed by atoms with Crippen LogP contribution in [0.2, 0.25) is 0 Å². The lowest BCUT2D eigenvalue weighted by Gasteiger charge is -2.34. The van der Waals surface area contributed by atoms with Crippen molar-refractivity contribution in [1.29, 1.82) is 5.26 Å². The summed E-state index contributed by atoms with van der Waals surface area (Å²) in [6.07, 6.45) is 13.6. The minimum Gasteiger partial charge on any atom is -0.494 e. The molecular formula is C57H56N4O4S. The zero-order valence-corrected chi connectivity index (χ0v) is 39.0. The Labute approximate surface area is 392 Å². The fourth-order valence-corrected chi connectivity index (χ4v) is 10.0. The Hall–Kier alpha value is -7.02. The number of hydrogen-bond donors (Lipinski definition) is 1. The van der Waals surface area contributed by atoms with E-state index in [4.69, 9.17) is 9.47 Å². The van der Waals surface area contributed by atoms with Crippen LogP contribution in [0, 0.1) is 25.2 Å². The van der Waals surface area contributed by atoms with E-state index in [-0.39, 0.29) is 5.57 Å². The summed E-state index contributed by atoms with van der Waals surface area (Å²) in [6.45, 7) is 10.1. The van der Waals surface area contributed by atoms with Crippen LogP contribution >= 0.6 is 11.3 Å². The quantitative estimate of drug-likeness (QED) is 0.0458. The normalized spacial score (nSPS) is 12.6. The van der Waals surface area contributed by atoms with E-state index in [1.807, 2.05) is 0 Å². The number of aromatic nitrogens is 2. The average molecular weight is 893 g/mol. The molecule has 5 aromatic carbocycles. The number of nitriles is 1. The van der Waals surface area contributed by atoms with E-state index in [1.165, 1.54) is 61.3 Å². The van der Waals surface area contributed by atoms with Crippen LogP contribution in [-0.2, 0) is 10.2 Å². The van der Waals surface area contributed by atoms with E-state index in [0.717, 1.165) is 73.4 Å². The largest absolute Gasteiger partial charge is 0.494 e. The lowest BCUT2D eigenvalue weighted by atomic mass is 9.67. The fraction of sp³-hybridized carbons (Fsp3) is 0.263. The van der Waals surface area contributed by atoms with E-state index in [1.54, 1.807) is 29.8 Å². The Morgan fingerprint density at radius 1 is 0.682 bits per heavy atom. The Morgan fingerprint density at radius 3 is 1.68 bits per heavy atom. The number of carboxylic acids is 1. The number of nitrogens with zero attached hydrogens (tertiary/aromatic N) is 4. The highest BCUT2D eigenvalue weighted by molar-refractivity contribution is 7.19. The lowest BCUT2D eigenvalue weighted by Crippen LogP contribution is -2.28. The SMILES string of the molecule is CCCCCCOc1ccc(N(c2ccc(OCCCCCC)cc2)c2ccc3c(c2)C(c2ccc(C)cc2)(c2ccc(C)cc2)c2cc(-c4ncc(/C=C(/C#N)C(=O)O)cn4)sc2-3)cc1. The van der Waals surface area contributed by atoms with Crippen molar-refractivity contribution in [3.8, 4) is 38.7 Å². The Kier molecular flexibility index (Phi) is 14.4. The first kappa shape index (κ1) is 45.5. The van der Waals surface area contributed by atoms with Gasteiger partial charge in [0.2, 0.25) is 0 Å².